The largest absolute Gasteiger partial charge is 0.387 e. The summed E-state index contributed by atoms with van der Waals surface area (Å²) in [5.41, 5.74) is 5.96. The Labute approximate surface area is 263 Å². The van der Waals surface area contributed by atoms with E-state index >= 15 is 0 Å². The van der Waals surface area contributed by atoms with Crippen molar-refractivity contribution in [1.82, 2.24) is 24.1 Å². The second kappa shape index (κ2) is 11.7. The first kappa shape index (κ1) is 31.3. The molecular formula is C24H26N6O11P2S2. The number of aliphatic hydroxyl groups excluding tert-OH is 2. The van der Waals surface area contributed by atoms with Crippen LogP contribution in [0.4, 0.5) is 5.82 Å². The van der Waals surface area contributed by atoms with Crippen LogP contribution < -0.4 is 11.3 Å². The molecule has 3 fully saturated rings. The van der Waals surface area contributed by atoms with Gasteiger partial charge in [-0.25, -0.2) is 15.0 Å². The number of imidazole rings is 1. The van der Waals surface area contributed by atoms with Gasteiger partial charge >= 0.3 is 13.4 Å². The van der Waals surface area contributed by atoms with Crippen molar-refractivity contribution in [3.05, 3.63) is 59.5 Å². The van der Waals surface area contributed by atoms with Crippen molar-refractivity contribution in [3.8, 4) is 0 Å². The summed E-state index contributed by atoms with van der Waals surface area (Å²) in [4.78, 5) is 47.7. The molecule has 1 aromatic carbocycles. The van der Waals surface area contributed by atoms with Crippen molar-refractivity contribution < 1.29 is 47.6 Å². The maximum atomic E-state index is 13.3. The Bertz CT molecular complexity index is 1930. The number of anilines is 1. The number of nitrogens with two attached hydrogens (primary N) is 1. The predicted octanol–water partition coefficient (Wildman–Crippen LogP) is 0.191. The summed E-state index contributed by atoms with van der Waals surface area (Å²) in [7, 11) is 0. The molecule has 3 saturated heterocycles. The summed E-state index contributed by atoms with van der Waals surface area (Å²) in [5.74, 6) is 0.100. The first-order chi connectivity index (χ1) is 21.4. The van der Waals surface area contributed by atoms with Gasteiger partial charge in [-0.15, -0.1) is 0 Å². The smallest absolute Gasteiger partial charge is 0.325 e. The molecule has 45 heavy (non-hydrogen) atoms. The summed E-state index contributed by atoms with van der Waals surface area (Å²) in [6.07, 6.45) is -6.63. The van der Waals surface area contributed by atoms with E-state index in [9.17, 15) is 24.8 Å². The highest BCUT2D eigenvalue weighted by Gasteiger charge is 2.52. The van der Waals surface area contributed by atoms with E-state index in [1.807, 2.05) is 0 Å². The van der Waals surface area contributed by atoms with Gasteiger partial charge < -0.3 is 44.3 Å². The normalized spacial score (nSPS) is 37.6. The molecule has 240 valence electrons. The maximum Gasteiger partial charge on any atom is 0.325 e. The Kier molecular flexibility index (Phi) is 8.16. The van der Waals surface area contributed by atoms with Crippen LogP contribution in [0.15, 0.2) is 54.0 Å². The monoisotopic (exact) mass is 700 g/mol. The fourth-order valence-electron chi connectivity index (χ4n) is 5.57. The van der Waals surface area contributed by atoms with Crippen LogP contribution in [-0.2, 0) is 51.2 Å². The maximum absolute atomic E-state index is 13.3. The van der Waals surface area contributed by atoms with E-state index in [2.05, 4.69) is 15.0 Å². The Morgan fingerprint density at radius 1 is 0.867 bits per heavy atom. The van der Waals surface area contributed by atoms with Crippen LogP contribution in [0.2, 0.25) is 0 Å². The molecule has 2 bridgehead atoms. The second-order valence-corrected chi connectivity index (χ2v) is 16.1. The van der Waals surface area contributed by atoms with Crippen molar-refractivity contribution in [2.24, 2.45) is 0 Å². The topological polar surface area (TPSA) is 228 Å². The minimum atomic E-state index is -4.18. The Morgan fingerprint density at radius 2 is 1.56 bits per heavy atom. The summed E-state index contributed by atoms with van der Waals surface area (Å²) >= 11 is 10.5. The van der Waals surface area contributed by atoms with E-state index < -0.39 is 81.3 Å². The molecule has 0 saturated carbocycles. The third-order valence-electron chi connectivity index (χ3n) is 7.71. The van der Waals surface area contributed by atoms with E-state index in [-0.39, 0.29) is 17.0 Å². The molecule has 0 amide bonds. The van der Waals surface area contributed by atoms with Crippen LogP contribution in [0.1, 0.15) is 12.5 Å². The van der Waals surface area contributed by atoms with E-state index in [0.717, 1.165) is 0 Å². The van der Waals surface area contributed by atoms with Gasteiger partial charge in [-0.05, 0) is 41.1 Å². The van der Waals surface area contributed by atoms with Crippen molar-refractivity contribution in [2.45, 2.75) is 49.1 Å². The lowest BCUT2D eigenvalue weighted by Crippen LogP contribution is -2.37. The van der Waals surface area contributed by atoms with Crippen molar-refractivity contribution in [1.29, 1.82) is 0 Å². The summed E-state index contributed by atoms with van der Waals surface area (Å²) in [6.45, 7) is -9.37. The SMILES string of the molecule is Nc1ncnc2c1ncn2[C@@H]1O[C@@H]2COP(O)(=S)O[C@H]3[C@@H](O)[C@H](n4ccc5ccccc5c4=O)O[C@@H]3COP(O)(=S)O[C@@H]1[C@@H]2O. The van der Waals surface area contributed by atoms with E-state index in [1.165, 1.54) is 28.0 Å². The molecule has 3 aromatic heterocycles. The average molecular weight is 701 g/mol. The fraction of sp³-hybridized carbons (Fsp3) is 0.417. The molecule has 0 spiro atoms. The highest BCUT2D eigenvalue weighted by molar-refractivity contribution is 8.07. The van der Waals surface area contributed by atoms with Gasteiger partial charge in [0.25, 0.3) is 5.56 Å². The predicted molar refractivity (Wildman–Crippen MR) is 162 cm³/mol. The number of benzene rings is 1. The highest BCUT2D eigenvalue weighted by atomic mass is 32.5. The minimum absolute atomic E-state index is 0.100. The first-order valence-electron chi connectivity index (χ1n) is 13.4. The number of ether oxygens (including phenoxy) is 2. The zero-order valence-electron chi connectivity index (χ0n) is 22.8. The number of nitrogens with zero attached hydrogens (tertiary/aromatic N) is 5. The first-order valence-corrected chi connectivity index (χ1v) is 18.6. The molecule has 21 heteroatoms. The molecule has 10 atom stereocenters. The van der Waals surface area contributed by atoms with Crippen LogP contribution in [0.3, 0.4) is 0 Å². The Balaban J connectivity index is 1.20. The number of pyridine rings is 1. The van der Waals surface area contributed by atoms with Crippen LogP contribution in [0, 0.1) is 0 Å². The Morgan fingerprint density at radius 3 is 2.33 bits per heavy atom. The number of aromatic nitrogens is 5. The lowest BCUT2D eigenvalue weighted by Gasteiger charge is -2.28. The molecule has 6 heterocycles. The van der Waals surface area contributed by atoms with Crippen LogP contribution >= 0.6 is 13.4 Å². The second-order valence-electron chi connectivity index (χ2n) is 10.5. The number of aliphatic hydroxyl groups is 2. The van der Waals surface area contributed by atoms with Gasteiger partial charge in [-0.3, -0.25) is 23.0 Å². The van der Waals surface area contributed by atoms with Crippen LogP contribution in [0.25, 0.3) is 21.9 Å². The number of rotatable bonds is 2. The van der Waals surface area contributed by atoms with Gasteiger partial charge in [-0.2, -0.15) is 0 Å². The lowest BCUT2D eigenvalue weighted by molar-refractivity contribution is -0.0618. The minimum Gasteiger partial charge on any atom is -0.387 e. The van der Waals surface area contributed by atoms with Crippen molar-refractivity contribution in [2.75, 3.05) is 18.9 Å². The molecule has 2 unspecified atom stereocenters. The molecule has 3 aliphatic rings. The van der Waals surface area contributed by atoms with Gasteiger partial charge in [-0.1, -0.05) is 18.2 Å². The summed E-state index contributed by atoms with van der Waals surface area (Å²) < 4.78 is 37.2. The zero-order chi connectivity index (χ0) is 31.7. The number of fused-ring (bicyclic) bond motifs is 5. The summed E-state index contributed by atoms with van der Waals surface area (Å²) in [6, 6.07) is 8.57. The third kappa shape index (κ3) is 5.77. The molecule has 0 aliphatic carbocycles. The molecule has 3 aliphatic heterocycles. The molecule has 7 rings (SSSR count). The number of hydrogen-bond donors (Lipinski definition) is 5. The van der Waals surface area contributed by atoms with Gasteiger partial charge in [0.05, 0.1) is 19.5 Å². The number of nitrogen functional groups attached to an aromatic ring is 1. The molecule has 0 radical (unpaired) electrons. The third-order valence-corrected chi connectivity index (χ3v) is 10.8. The van der Waals surface area contributed by atoms with E-state index in [4.69, 9.17) is 56.9 Å². The van der Waals surface area contributed by atoms with E-state index in [0.29, 0.717) is 10.8 Å². The number of hydrogen-bond acceptors (Lipinski definition) is 15. The zero-order valence-corrected chi connectivity index (χ0v) is 26.2. The molecule has 17 nitrogen and oxygen atoms in total. The quantitative estimate of drug-likeness (QED) is 0.176. The molecular weight excluding hydrogens is 674 g/mol. The molecule has 6 N–H and O–H groups in total. The lowest BCUT2D eigenvalue weighted by atomic mass is 10.1. The van der Waals surface area contributed by atoms with Crippen molar-refractivity contribution >= 4 is 64.8 Å². The fourth-order valence-corrected chi connectivity index (χ4v) is 8.43. The van der Waals surface area contributed by atoms with Crippen LogP contribution in [0.5, 0.6) is 0 Å². The summed E-state index contributed by atoms with van der Waals surface area (Å²) in [5, 5.41) is 23.5. The average Bonchev–Trinajstić information content (AvgIpc) is 3.66. The van der Waals surface area contributed by atoms with E-state index in [1.54, 1.807) is 30.3 Å². The van der Waals surface area contributed by atoms with Gasteiger partial charge in [0, 0.05) is 11.6 Å². The highest BCUT2D eigenvalue weighted by Crippen LogP contribution is 2.54. The van der Waals surface area contributed by atoms with Crippen LogP contribution in [-0.4, -0.2) is 93.9 Å². The van der Waals surface area contributed by atoms with Gasteiger partial charge in [0.1, 0.15) is 48.5 Å². The molecule has 4 aromatic rings. The Hall–Kier alpha value is -2.32. The van der Waals surface area contributed by atoms with Crippen molar-refractivity contribution in [3.63, 3.8) is 0 Å². The van der Waals surface area contributed by atoms with Gasteiger partial charge in [0.15, 0.2) is 23.9 Å². The van der Waals surface area contributed by atoms with Gasteiger partial charge in [0.2, 0.25) is 0 Å². The standard InChI is InChI=1S/C24H26N6O11P2S2/c25-20-15-21(27-9-26-20)30(10-28-15)24-19-16(31)13(38-24)7-36-42(34,44)40-18-14(8-37-43(35,45)41-19)39-23(17(18)32)29-6-5-11-3-1-2-4-12(11)22(29)33/h1-6,9-10,13-14,16-19,23-24,31-32H,7-8H2,(H,34,44)(H,35,45)(H2,25,26,27)/t13-,14-,16-,17-,18-,19-,23-,24-,42?,43?/m1/s1.